The predicted molar refractivity (Wildman–Crippen MR) is 55.7 cm³/mol. The van der Waals surface area contributed by atoms with Gasteiger partial charge in [0.05, 0.1) is 11.0 Å². The van der Waals surface area contributed by atoms with Crippen LogP contribution in [0.2, 0.25) is 5.15 Å². The predicted octanol–water partition coefficient (Wildman–Crippen LogP) is 3.42. The molecule has 0 spiro atoms. The summed E-state index contributed by atoms with van der Waals surface area (Å²) in [4.78, 5) is 4.19. The van der Waals surface area contributed by atoms with Gasteiger partial charge in [-0.3, -0.25) is 0 Å². The molecule has 0 aliphatic heterocycles. The normalized spacial score (nSPS) is 9.29. The fourth-order valence-electron chi connectivity index (χ4n) is 1.32. The third-order valence-electron chi connectivity index (χ3n) is 1.93. The van der Waals surface area contributed by atoms with Crippen LogP contribution in [-0.2, 0) is 39.3 Å². The van der Waals surface area contributed by atoms with Gasteiger partial charge in [-0.05, 0) is 25.1 Å². The Labute approximate surface area is 113 Å². The van der Waals surface area contributed by atoms with E-state index in [-0.39, 0.29) is 38.9 Å². The number of aryl methyl sites for hydroxylation is 1. The molecule has 0 aliphatic carbocycles. The Hall–Kier alpha value is 0.0439. The van der Waals surface area contributed by atoms with Crippen molar-refractivity contribution in [2.45, 2.75) is 13.5 Å². The van der Waals surface area contributed by atoms with Crippen LogP contribution in [0.5, 0.6) is 0 Å². The van der Waals surface area contributed by atoms with Crippen LogP contribution in [-0.4, -0.2) is 9.55 Å². The van der Waals surface area contributed by atoms with Crippen molar-refractivity contribution >= 4 is 22.6 Å². The maximum atomic E-state index is 5.75. The van der Waals surface area contributed by atoms with Crippen LogP contribution in [0.3, 0.4) is 0 Å². The van der Waals surface area contributed by atoms with Gasteiger partial charge in [-0.2, -0.15) is 0 Å². The number of nitrogens with two attached hydrogens (primary N) is 1. The van der Waals surface area contributed by atoms with Crippen LogP contribution in [0.4, 0.5) is 0 Å². The van der Waals surface area contributed by atoms with Crippen molar-refractivity contribution < 1.29 is 32.7 Å². The molecule has 2 heterocycles. The molecule has 0 saturated carbocycles. The minimum absolute atomic E-state index is 0. The van der Waals surface area contributed by atoms with Crippen LogP contribution < -0.4 is 0 Å². The topological polar surface area (TPSA) is 51.3 Å². The van der Waals surface area contributed by atoms with Crippen molar-refractivity contribution in [1.29, 1.82) is 0 Å². The Morgan fingerprint density at radius 3 is 2.71 bits per heavy atom. The van der Waals surface area contributed by atoms with Gasteiger partial charge in [-0.25, -0.2) is 4.98 Å². The zero-order chi connectivity index (χ0) is 8.55. The number of rotatable bonds is 1. The molecule has 1 radical (unpaired) electrons. The summed E-state index contributed by atoms with van der Waals surface area (Å²) in [6.45, 7) is 3.07. The van der Waals surface area contributed by atoms with E-state index in [0.717, 1.165) is 17.6 Å². The minimum Gasteiger partial charge on any atom is -0.693 e. The Bertz CT molecular complexity index is 413. The van der Waals surface area contributed by atoms with Gasteiger partial charge >= 0.3 is 0 Å². The zero-order valence-electron chi connectivity index (χ0n) is 7.94. The summed E-state index contributed by atoms with van der Waals surface area (Å²) in [5, 5.41) is 0.552. The molecule has 2 rings (SSSR count). The van der Waals surface area contributed by atoms with E-state index in [4.69, 9.17) is 11.6 Å². The first kappa shape index (κ1) is 14.0. The molecule has 5 heteroatoms. The monoisotopic (exact) mass is 285 g/mol. The van der Waals surface area contributed by atoms with E-state index in [1.54, 1.807) is 0 Å². The molecular weight excluding hydrogens is 274 g/mol. The zero-order valence-corrected chi connectivity index (χ0v) is 11.5. The second-order valence-electron chi connectivity index (χ2n) is 2.64. The summed E-state index contributed by atoms with van der Waals surface area (Å²) in [7, 11) is 0. The summed E-state index contributed by atoms with van der Waals surface area (Å²) in [6, 6.07) is 5.79. The van der Waals surface area contributed by atoms with Crippen LogP contribution >= 0.6 is 11.6 Å². The van der Waals surface area contributed by atoms with Crippen LogP contribution in [0.25, 0.3) is 17.2 Å². The van der Waals surface area contributed by atoms with Crippen molar-refractivity contribution in [3.8, 4) is 0 Å². The summed E-state index contributed by atoms with van der Waals surface area (Å²) in [5.74, 6) is 0. The van der Waals surface area contributed by atoms with Crippen LogP contribution in [0.15, 0.2) is 24.4 Å². The van der Waals surface area contributed by atoms with E-state index in [1.807, 2.05) is 24.4 Å². The number of aromatic nitrogens is 2. The molecule has 0 aliphatic rings. The van der Waals surface area contributed by atoms with E-state index in [0.29, 0.717) is 5.15 Å². The van der Waals surface area contributed by atoms with Crippen molar-refractivity contribution in [3.63, 3.8) is 0 Å². The third kappa shape index (κ3) is 2.54. The van der Waals surface area contributed by atoms with E-state index in [2.05, 4.69) is 16.5 Å². The average molecular weight is 286 g/mol. The molecular formula is C9H11ClN3Y-. The smallest absolute Gasteiger partial charge is 0.129 e. The summed E-state index contributed by atoms with van der Waals surface area (Å²) in [5.41, 5.74) is 2.10. The maximum Gasteiger partial charge on any atom is 0.129 e. The molecule has 2 N–H and O–H groups in total. The molecule has 0 amide bonds. The van der Waals surface area contributed by atoms with Gasteiger partial charge in [0.2, 0.25) is 0 Å². The first-order valence-electron chi connectivity index (χ1n) is 3.92. The Balaban J connectivity index is 0.000000845. The fourth-order valence-corrected chi connectivity index (χ4v) is 1.48. The summed E-state index contributed by atoms with van der Waals surface area (Å²) in [6.07, 6.45) is 2.02. The maximum absolute atomic E-state index is 5.75. The van der Waals surface area contributed by atoms with Crippen LogP contribution in [0, 0.1) is 0 Å². The van der Waals surface area contributed by atoms with Gasteiger partial charge < -0.3 is 10.7 Å². The Morgan fingerprint density at radius 1 is 1.36 bits per heavy atom. The van der Waals surface area contributed by atoms with E-state index < -0.39 is 0 Å². The standard InChI is InChI=1S/C9H9ClN2.H2N.Y/c1-2-12-6-5-7-8(12)3-4-9(10)11-7;;/h3-6H,2H2,1H3;1H2;/q;-1;. The molecule has 0 aromatic carbocycles. The Morgan fingerprint density at radius 2 is 2.07 bits per heavy atom. The SMILES string of the molecule is CCn1ccc2nc(Cl)ccc21.[NH2-].[Y]. The molecule has 2 aromatic heterocycles. The number of fused-ring (bicyclic) bond motifs is 1. The molecule has 0 fully saturated rings. The summed E-state index contributed by atoms with van der Waals surface area (Å²) < 4.78 is 2.14. The van der Waals surface area contributed by atoms with E-state index in [1.165, 1.54) is 0 Å². The molecule has 73 valence electrons. The van der Waals surface area contributed by atoms with E-state index in [9.17, 15) is 0 Å². The second kappa shape index (κ2) is 5.81. The van der Waals surface area contributed by atoms with Gasteiger partial charge in [0.1, 0.15) is 5.15 Å². The van der Waals surface area contributed by atoms with Crippen molar-refractivity contribution in [3.05, 3.63) is 35.7 Å². The van der Waals surface area contributed by atoms with Crippen molar-refractivity contribution in [1.82, 2.24) is 9.55 Å². The molecule has 14 heavy (non-hydrogen) atoms. The molecule has 0 atom stereocenters. The van der Waals surface area contributed by atoms with Gasteiger partial charge in [-0.15, -0.1) is 0 Å². The molecule has 0 saturated heterocycles. The quantitative estimate of drug-likeness (QED) is 0.741. The van der Waals surface area contributed by atoms with Gasteiger partial charge in [0.15, 0.2) is 0 Å². The minimum atomic E-state index is 0. The summed E-state index contributed by atoms with van der Waals surface area (Å²) >= 11 is 5.75. The Kier molecular flexibility index (Phi) is 5.83. The number of halogens is 1. The molecule has 2 aromatic rings. The van der Waals surface area contributed by atoms with Crippen molar-refractivity contribution in [2.75, 3.05) is 0 Å². The number of pyridine rings is 1. The molecule has 3 nitrogen and oxygen atoms in total. The number of hydrogen-bond donors (Lipinski definition) is 0. The first-order chi connectivity index (χ1) is 5.81. The number of nitrogens with zero attached hydrogens (tertiary/aromatic N) is 2. The van der Waals surface area contributed by atoms with Gasteiger partial charge in [0.25, 0.3) is 0 Å². The largest absolute Gasteiger partial charge is 0.693 e. The third-order valence-corrected chi connectivity index (χ3v) is 2.14. The second-order valence-corrected chi connectivity index (χ2v) is 3.03. The number of hydrogen-bond acceptors (Lipinski definition) is 1. The fraction of sp³-hybridized carbons (Fsp3) is 0.222. The van der Waals surface area contributed by atoms with Crippen molar-refractivity contribution in [2.24, 2.45) is 0 Å². The molecule has 0 bridgehead atoms. The average Bonchev–Trinajstić information content (AvgIpc) is 2.46. The van der Waals surface area contributed by atoms with Crippen LogP contribution in [0.1, 0.15) is 6.92 Å². The molecule has 0 unspecified atom stereocenters. The van der Waals surface area contributed by atoms with E-state index >= 15 is 0 Å². The van der Waals surface area contributed by atoms with Gasteiger partial charge in [-0.1, -0.05) is 11.6 Å². The van der Waals surface area contributed by atoms with Gasteiger partial charge in [0, 0.05) is 45.5 Å². The first-order valence-corrected chi connectivity index (χ1v) is 4.30.